The van der Waals surface area contributed by atoms with Crippen LogP contribution in [-0.4, -0.2) is 0 Å². The van der Waals surface area contributed by atoms with Crippen LogP contribution in [0, 0.1) is 13.8 Å². The third kappa shape index (κ3) is 10.1. The van der Waals surface area contributed by atoms with Crippen molar-refractivity contribution in [3.63, 3.8) is 0 Å². The van der Waals surface area contributed by atoms with Gasteiger partial charge in [-0.15, -0.1) is 0 Å². The zero-order valence-corrected chi connectivity index (χ0v) is 58.7. The highest BCUT2D eigenvalue weighted by Gasteiger charge is 2.39. The van der Waals surface area contributed by atoms with Crippen LogP contribution in [-0.2, 0) is 43.3 Å². The van der Waals surface area contributed by atoms with E-state index in [0.717, 1.165) is 0 Å². The maximum Gasteiger partial charge on any atom is -0.000730 e. The Balaban J connectivity index is 1.32. The Kier molecular flexibility index (Phi) is 13.7. The summed E-state index contributed by atoms with van der Waals surface area (Å²) in [5.41, 5.74) is 34.2. The molecule has 12 rings (SSSR count). The Labute approximate surface area is 530 Å². The van der Waals surface area contributed by atoms with Crippen molar-refractivity contribution in [1.82, 2.24) is 0 Å². The van der Waals surface area contributed by atoms with Crippen molar-refractivity contribution in [2.24, 2.45) is 0 Å². The first-order valence-electron chi connectivity index (χ1n) is 33.0. The summed E-state index contributed by atoms with van der Waals surface area (Å²) in [6, 6.07) is 55.1. The molecular weight excluding hydrogens is 1060 g/mol. The molecule has 0 atom stereocenters. The van der Waals surface area contributed by atoms with Crippen LogP contribution in [0.2, 0.25) is 0 Å². The molecule has 0 heteroatoms. The Bertz CT molecular complexity index is 4340. The van der Waals surface area contributed by atoms with Gasteiger partial charge in [0.2, 0.25) is 0 Å². The molecule has 0 saturated heterocycles. The van der Waals surface area contributed by atoms with Crippen molar-refractivity contribution in [3.8, 4) is 89.0 Å². The minimum Gasteiger partial charge on any atom is -0.0616 e. The lowest BCUT2D eigenvalue weighted by molar-refractivity contribution is 0.568. The van der Waals surface area contributed by atoms with Crippen LogP contribution in [0.4, 0.5) is 0 Å². The second-order valence-electron chi connectivity index (χ2n) is 35.3. The topological polar surface area (TPSA) is 0 Å². The molecule has 0 aromatic heterocycles. The number of fused-ring (bicyclic) bond motifs is 8. The van der Waals surface area contributed by atoms with E-state index in [0.29, 0.717) is 0 Å². The van der Waals surface area contributed by atoms with Gasteiger partial charge in [0.25, 0.3) is 0 Å². The van der Waals surface area contributed by atoms with Crippen LogP contribution in [0.15, 0.2) is 133 Å². The van der Waals surface area contributed by atoms with Crippen molar-refractivity contribution >= 4 is 32.3 Å². The Morgan fingerprint density at radius 3 is 0.682 bits per heavy atom. The highest BCUT2D eigenvalue weighted by Crippen LogP contribution is 2.65. The number of benzene rings is 10. The zero-order chi connectivity index (χ0) is 64.0. The van der Waals surface area contributed by atoms with Gasteiger partial charge in [-0.25, -0.2) is 0 Å². The lowest BCUT2D eigenvalue weighted by Crippen LogP contribution is -2.17. The van der Waals surface area contributed by atoms with E-state index in [9.17, 15) is 0 Å². The van der Waals surface area contributed by atoms with Gasteiger partial charge in [-0.05, 0) is 229 Å². The molecule has 0 amide bonds. The number of aryl methyl sites for hydroxylation is 2. The predicted molar refractivity (Wildman–Crippen MR) is 389 cm³/mol. The van der Waals surface area contributed by atoms with Crippen molar-refractivity contribution < 1.29 is 0 Å². The van der Waals surface area contributed by atoms with Crippen LogP contribution >= 0.6 is 0 Å². The van der Waals surface area contributed by atoms with Gasteiger partial charge in [0.1, 0.15) is 0 Å². The monoisotopic (exact) mass is 1160 g/mol. The minimum atomic E-state index is -0.0757. The molecule has 10 aromatic rings. The Morgan fingerprint density at radius 2 is 0.432 bits per heavy atom. The van der Waals surface area contributed by atoms with Crippen molar-refractivity contribution in [2.75, 3.05) is 0 Å². The standard InChI is InChI=1S/C88H100/c1-49-35-50(2)70-69(36-49)73(53-41-59(85(15,16)17)47-60(42-53)86(18,19)20)79-67-32-31-65-75-66(33-34-68(76(67)75)80(79)74(70)54-43-61(87(21,22)23)48-62(44-54)88(24,25)26)78-72(52-39-57(83(9,10)11)46-58(40-52)84(12,13)14)64-30-28-27-29-63(64)71(77(65)78)51-37-55(81(3,4)5)45-56(38-51)82(6,7)8/h27-48H,1-26H3. The fraction of sp³-hybridized carbons (Fsp3) is 0.386. The maximum absolute atomic E-state index is 2.57. The Hall–Kier alpha value is -7.02. The first-order valence-corrected chi connectivity index (χ1v) is 33.0. The molecule has 0 nitrogen and oxygen atoms in total. The molecule has 0 unspecified atom stereocenters. The first kappa shape index (κ1) is 61.2. The summed E-state index contributed by atoms with van der Waals surface area (Å²) in [4.78, 5) is 0. The number of hydrogen-bond acceptors (Lipinski definition) is 0. The highest BCUT2D eigenvalue weighted by atomic mass is 14.4. The molecule has 2 aliphatic rings. The fourth-order valence-electron chi connectivity index (χ4n) is 14.6. The summed E-state index contributed by atoms with van der Waals surface area (Å²) in [6.45, 7) is 61.9. The molecule has 0 spiro atoms. The van der Waals surface area contributed by atoms with Gasteiger partial charge in [0.05, 0.1) is 0 Å². The van der Waals surface area contributed by atoms with Crippen LogP contribution in [0.3, 0.4) is 0 Å². The third-order valence-electron chi connectivity index (χ3n) is 20.0. The summed E-state index contributed by atoms with van der Waals surface area (Å²) in [7, 11) is 0. The molecule has 10 aromatic carbocycles. The average molecular weight is 1160 g/mol. The minimum absolute atomic E-state index is 0.0705. The largest absolute Gasteiger partial charge is 0.0616 e. The number of rotatable bonds is 4. The van der Waals surface area contributed by atoms with Crippen LogP contribution in [0.5, 0.6) is 0 Å². The highest BCUT2D eigenvalue weighted by molar-refractivity contribution is 6.35. The molecule has 0 saturated carbocycles. The third-order valence-corrected chi connectivity index (χ3v) is 20.0. The van der Waals surface area contributed by atoms with Gasteiger partial charge < -0.3 is 0 Å². The second kappa shape index (κ2) is 19.7. The van der Waals surface area contributed by atoms with Gasteiger partial charge in [-0.1, -0.05) is 305 Å². The molecule has 0 heterocycles. The summed E-state index contributed by atoms with van der Waals surface area (Å²) in [6.07, 6.45) is 0. The molecule has 0 bridgehead atoms. The molecule has 2 aliphatic carbocycles. The molecule has 0 fully saturated rings. The van der Waals surface area contributed by atoms with E-state index in [2.05, 4.69) is 313 Å². The van der Waals surface area contributed by atoms with Crippen molar-refractivity contribution in [2.45, 2.75) is 223 Å². The van der Waals surface area contributed by atoms with Crippen LogP contribution < -0.4 is 0 Å². The van der Waals surface area contributed by atoms with Crippen molar-refractivity contribution in [1.29, 1.82) is 0 Å². The van der Waals surface area contributed by atoms with E-state index in [1.807, 2.05) is 0 Å². The SMILES string of the molecule is Cc1cc(C)c2c(-c3cc(C(C)(C)C)cc(C(C)(C)C)c3)c3c(c(-c4cc(C(C)(C)C)cc(C(C)(C)C)c4)c2c1)-c1ccc2c4c(ccc-3c14)-c1c-2c(-c2cc(C(C)(C)C)cc(C(C)(C)C)c2)c2ccccc2c1-c1cc(C(C)(C)C)cc(C(C)(C)C)c1. The summed E-state index contributed by atoms with van der Waals surface area (Å²) < 4.78 is 0. The summed E-state index contributed by atoms with van der Waals surface area (Å²) >= 11 is 0. The van der Waals surface area contributed by atoms with Gasteiger partial charge in [-0.2, -0.15) is 0 Å². The molecule has 0 N–H and O–H groups in total. The van der Waals surface area contributed by atoms with Gasteiger partial charge in [0.15, 0.2) is 0 Å². The van der Waals surface area contributed by atoms with E-state index in [-0.39, 0.29) is 43.3 Å². The van der Waals surface area contributed by atoms with E-state index in [4.69, 9.17) is 0 Å². The van der Waals surface area contributed by atoms with Gasteiger partial charge >= 0.3 is 0 Å². The zero-order valence-electron chi connectivity index (χ0n) is 58.7. The number of hydrogen-bond donors (Lipinski definition) is 0. The smallest absolute Gasteiger partial charge is 0.000730 e. The lowest BCUT2D eigenvalue weighted by Gasteiger charge is -2.29. The van der Waals surface area contributed by atoms with E-state index < -0.39 is 0 Å². The Morgan fingerprint density at radius 1 is 0.205 bits per heavy atom. The first-order chi connectivity index (χ1) is 40.5. The molecular formula is C88H100. The lowest BCUT2D eigenvalue weighted by atomic mass is 9.75. The maximum atomic E-state index is 2.57. The fourth-order valence-corrected chi connectivity index (χ4v) is 14.6. The molecule has 0 radical (unpaired) electrons. The quantitative estimate of drug-likeness (QED) is 0.165. The summed E-state index contributed by atoms with van der Waals surface area (Å²) in [5.74, 6) is 0. The van der Waals surface area contributed by atoms with Crippen molar-refractivity contribution in [3.05, 3.63) is 189 Å². The normalized spacial score (nSPS) is 13.8. The van der Waals surface area contributed by atoms with E-state index in [1.54, 1.807) is 0 Å². The van der Waals surface area contributed by atoms with E-state index >= 15 is 0 Å². The molecule has 452 valence electrons. The summed E-state index contributed by atoms with van der Waals surface area (Å²) in [5, 5.41) is 8.02. The molecule has 0 aliphatic heterocycles. The predicted octanol–water partition coefficient (Wildman–Crippen LogP) is 26.1. The molecule has 88 heavy (non-hydrogen) atoms. The van der Waals surface area contributed by atoms with Gasteiger partial charge in [0, 0.05) is 0 Å². The average Bonchev–Trinajstić information content (AvgIpc) is 1.49. The van der Waals surface area contributed by atoms with Gasteiger partial charge in [-0.3, -0.25) is 0 Å². The van der Waals surface area contributed by atoms with E-state index in [1.165, 1.54) is 177 Å². The van der Waals surface area contributed by atoms with Crippen LogP contribution in [0.1, 0.15) is 222 Å². The second-order valence-corrected chi connectivity index (χ2v) is 35.3. The van der Waals surface area contributed by atoms with Crippen LogP contribution in [0.25, 0.3) is 121 Å².